The highest BCUT2D eigenvalue weighted by atomic mass is 35.5. The van der Waals surface area contributed by atoms with Crippen LogP contribution in [0.4, 0.5) is 4.79 Å². The van der Waals surface area contributed by atoms with E-state index in [2.05, 4.69) is 10.4 Å². The van der Waals surface area contributed by atoms with Crippen LogP contribution >= 0.6 is 11.6 Å². The summed E-state index contributed by atoms with van der Waals surface area (Å²) in [5.41, 5.74) is -0.207. The molecule has 1 heterocycles. The Balaban J connectivity index is 1.94. The standard InChI is InChI=1S/C15H18ClN5O2/c1-2-19(11-7-3-4-8-11)14(22)21-15(23)20(17-18-21)13-10-6-5-9-12(13)16/h5-6,9-11H,2-4,7-8H2,1H3. The van der Waals surface area contributed by atoms with Crippen molar-refractivity contribution in [2.75, 3.05) is 6.54 Å². The van der Waals surface area contributed by atoms with Crippen LogP contribution in [0.2, 0.25) is 5.02 Å². The Morgan fingerprint density at radius 2 is 2.00 bits per heavy atom. The molecule has 0 bridgehead atoms. The van der Waals surface area contributed by atoms with Crippen LogP contribution < -0.4 is 5.69 Å². The number of carbonyl (C=O) groups is 1. The van der Waals surface area contributed by atoms with E-state index in [1.165, 1.54) is 0 Å². The monoisotopic (exact) mass is 335 g/mol. The van der Waals surface area contributed by atoms with Crippen molar-refractivity contribution >= 4 is 17.6 Å². The third-order valence-electron chi connectivity index (χ3n) is 4.19. The minimum atomic E-state index is -0.612. The Hall–Kier alpha value is -2.15. The van der Waals surface area contributed by atoms with Crippen molar-refractivity contribution in [3.8, 4) is 5.69 Å². The maximum atomic E-state index is 12.7. The zero-order valence-electron chi connectivity index (χ0n) is 12.9. The summed E-state index contributed by atoms with van der Waals surface area (Å²) < 4.78 is 1.86. The number of amides is 1. The molecule has 0 spiro atoms. The average molecular weight is 336 g/mol. The Labute approximate surface area is 138 Å². The molecule has 1 aliphatic carbocycles. The molecule has 122 valence electrons. The number of halogens is 1. The lowest BCUT2D eigenvalue weighted by Crippen LogP contribution is -2.45. The number of benzene rings is 1. The minimum Gasteiger partial charge on any atom is -0.320 e. The van der Waals surface area contributed by atoms with Crippen molar-refractivity contribution in [2.24, 2.45) is 0 Å². The quantitative estimate of drug-likeness (QED) is 0.807. The molecule has 1 aromatic carbocycles. The first-order valence-corrected chi connectivity index (χ1v) is 8.12. The highest BCUT2D eigenvalue weighted by Gasteiger charge is 2.29. The van der Waals surface area contributed by atoms with Crippen LogP contribution in [-0.2, 0) is 0 Å². The summed E-state index contributed by atoms with van der Waals surface area (Å²) in [5.74, 6) is 0. The van der Waals surface area contributed by atoms with E-state index < -0.39 is 11.7 Å². The summed E-state index contributed by atoms with van der Waals surface area (Å²) >= 11 is 6.08. The summed E-state index contributed by atoms with van der Waals surface area (Å²) in [6.45, 7) is 2.44. The van der Waals surface area contributed by atoms with E-state index in [4.69, 9.17) is 11.6 Å². The van der Waals surface area contributed by atoms with Crippen LogP contribution in [0.5, 0.6) is 0 Å². The second kappa shape index (κ2) is 6.54. The first-order chi connectivity index (χ1) is 11.1. The van der Waals surface area contributed by atoms with Crippen LogP contribution in [-0.4, -0.2) is 43.3 Å². The van der Waals surface area contributed by atoms with Gasteiger partial charge in [-0.15, -0.1) is 4.68 Å². The summed E-state index contributed by atoms with van der Waals surface area (Å²) in [5, 5.41) is 7.91. The third-order valence-corrected chi connectivity index (χ3v) is 4.51. The molecule has 0 unspecified atom stereocenters. The Kier molecular flexibility index (Phi) is 4.47. The molecule has 0 atom stereocenters. The van der Waals surface area contributed by atoms with E-state index in [1.54, 1.807) is 29.2 Å². The predicted octanol–water partition coefficient (Wildman–Crippen LogP) is 2.32. The third kappa shape index (κ3) is 2.88. The molecule has 0 aliphatic heterocycles. The molecule has 23 heavy (non-hydrogen) atoms. The summed E-state index contributed by atoms with van der Waals surface area (Å²) in [6, 6.07) is 6.55. The lowest BCUT2D eigenvalue weighted by atomic mass is 10.2. The zero-order chi connectivity index (χ0) is 16.4. The van der Waals surface area contributed by atoms with Gasteiger partial charge in [0, 0.05) is 12.6 Å². The second-order valence-electron chi connectivity index (χ2n) is 5.54. The second-order valence-corrected chi connectivity index (χ2v) is 5.95. The lowest BCUT2D eigenvalue weighted by Gasteiger charge is -2.26. The van der Waals surface area contributed by atoms with Crippen LogP contribution in [0, 0.1) is 0 Å². The fourth-order valence-corrected chi connectivity index (χ4v) is 3.24. The molecule has 0 saturated heterocycles. The predicted molar refractivity (Wildman–Crippen MR) is 86.1 cm³/mol. The molecule has 8 heteroatoms. The van der Waals surface area contributed by atoms with Gasteiger partial charge in [0.2, 0.25) is 0 Å². The van der Waals surface area contributed by atoms with Crippen LogP contribution in [0.1, 0.15) is 32.6 Å². The number of para-hydroxylation sites is 1. The lowest BCUT2D eigenvalue weighted by molar-refractivity contribution is 0.176. The van der Waals surface area contributed by atoms with Gasteiger partial charge < -0.3 is 4.90 Å². The number of hydrogen-bond donors (Lipinski definition) is 0. The van der Waals surface area contributed by atoms with E-state index in [9.17, 15) is 9.59 Å². The van der Waals surface area contributed by atoms with Gasteiger partial charge >= 0.3 is 11.7 Å². The SMILES string of the molecule is CCN(C(=O)n1nnn(-c2ccccc2Cl)c1=O)C1CCCC1. The topological polar surface area (TPSA) is 73.0 Å². The van der Waals surface area contributed by atoms with Gasteiger partial charge in [-0.2, -0.15) is 4.68 Å². The van der Waals surface area contributed by atoms with Gasteiger partial charge in [-0.05, 0) is 42.3 Å². The minimum absolute atomic E-state index is 0.171. The van der Waals surface area contributed by atoms with E-state index >= 15 is 0 Å². The van der Waals surface area contributed by atoms with Gasteiger partial charge in [0.15, 0.2) is 0 Å². The maximum Gasteiger partial charge on any atom is 0.377 e. The normalized spacial score (nSPS) is 15.0. The fraction of sp³-hybridized carbons (Fsp3) is 0.467. The number of tetrazole rings is 1. The van der Waals surface area contributed by atoms with Crippen LogP contribution in [0.15, 0.2) is 29.1 Å². The van der Waals surface area contributed by atoms with E-state index in [0.717, 1.165) is 35.0 Å². The molecule has 1 aliphatic rings. The Morgan fingerprint density at radius 1 is 1.30 bits per heavy atom. The van der Waals surface area contributed by atoms with Crippen molar-refractivity contribution in [2.45, 2.75) is 38.6 Å². The molecule has 2 aromatic rings. The largest absolute Gasteiger partial charge is 0.377 e. The Bertz CT molecular complexity index is 763. The zero-order valence-corrected chi connectivity index (χ0v) is 13.6. The molecular formula is C15H18ClN5O2. The molecule has 1 saturated carbocycles. The molecule has 1 aromatic heterocycles. The summed E-state index contributed by atoms with van der Waals surface area (Å²) in [4.78, 5) is 26.8. The number of aromatic nitrogens is 4. The van der Waals surface area contributed by atoms with E-state index in [-0.39, 0.29) is 6.04 Å². The smallest absolute Gasteiger partial charge is 0.320 e. The molecule has 0 radical (unpaired) electrons. The molecule has 7 nitrogen and oxygen atoms in total. The van der Waals surface area contributed by atoms with Crippen molar-refractivity contribution in [1.29, 1.82) is 0 Å². The summed E-state index contributed by atoms with van der Waals surface area (Å²) in [7, 11) is 0. The Morgan fingerprint density at radius 3 is 2.65 bits per heavy atom. The van der Waals surface area contributed by atoms with Crippen molar-refractivity contribution in [1.82, 2.24) is 24.7 Å². The van der Waals surface area contributed by atoms with Crippen molar-refractivity contribution in [3.63, 3.8) is 0 Å². The molecule has 1 fully saturated rings. The first-order valence-electron chi connectivity index (χ1n) is 7.74. The van der Waals surface area contributed by atoms with Gasteiger partial charge in [-0.3, -0.25) is 0 Å². The summed E-state index contributed by atoms with van der Waals surface area (Å²) in [6.07, 6.45) is 4.14. The molecule has 1 amide bonds. The average Bonchev–Trinajstić information content (AvgIpc) is 3.19. The number of hydrogen-bond acceptors (Lipinski definition) is 4. The maximum absolute atomic E-state index is 12.7. The molecular weight excluding hydrogens is 318 g/mol. The van der Waals surface area contributed by atoms with Gasteiger partial charge in [0.25, 0.3) is 0 Å². The van der Waals surface area contributed by atoms with Gasteiger partial charge in [0.1, 0.15) is 0 Å². The molecule has 3 rings (SSSR count). The van der Waals surface area contributed by atoms with Gasteiger partial charge in [0.05, 0.1) is 10.7 Å². The number of carbonyl (C=O) groups excluding carboxylic acids is 1. The van der Waals surface area contributed by atoms with E-state index in [1.807, 2.05) is 6.92 Å². The molecule has 0 N–H and O–H groups in total. The van der Waals surface area contributed by atoms with Gasteiger partial charge in [-0.1, -0.05) is 36.6 Å². The van der Waals surface area contributed by atoms with Crippen LogP contribution in [0.25, 0.3) is 5.69 Å². The van der Waals surface area contributed by atoms with Crippen molar-refractivity contribution in [3.05, 3.63) is 39.8 Å². The van der Waals surface area contributed by atoms with E-state index in [0.29, 0.717) is 17.3 Å². The first kappa shape index (κ1) is 15.7. The number of nitrogens with zero attached hydrogens (tertiary/aromatic N) is 5. The fourth-order valence-electron chi connectivity index (χ4n) is 3.03. The highest BCUT2D eigenvalue weighted by Crippen LogP contribution is 2.23. The van der Waals surface area contributed by atoms with Crippen LogP contribution in [0.3, 0.4) is 0 Å². The number of rotatable bonds is 3. The highest BCUT2D eigenvalue weighted by molar-refractivity contribution is 6.32. The van der Waals surface area contributed by atoms with Crippen molar-refractivity contribution < 1.29 is 4.79 Å². The van der Waals surface area contributed by atoms with Gasteiger partial charge in [-0.25, -0.2) is 9.59 Å².